The molecule has 0 aliphatic heterocycles. The molecule has 8 nitrogen and oxygen atoms in total. The largest absolute Gasteiger partial charge is 0.355 e. The van der Waals surface area contributed by atoms with Crippen LogP contribution in [0.2, 0.25) is 0 Å². The summed E-state index contributed by atoms with van der Waals surface area (Å²) < 4.78 is 42.0. The van der Waals surface area contributed by atoms with Crippen molar-refractivity contribution in [3.63, 3.8) is 0 Å². The van der Waals surface area contributed by atoms with Crippen molar-refractivity contribution in [3.8, 4) is 0 Å². The van der Waals surface area contributed by atoms with Crippen molar-refractivity contribution in [2.45, 2.75) is 25.9 Å². The Balaban J connectivity index is 2.05. The van der Waals surface area contributed by atoms with Crippen LogP contribution >= 0.6 is 0 Å². The third kappa shape index (κ3) is 7.39. The molecule has 0 aromatic heterocycles. The lowest BCUT2D eigenvalue weighted by Crippen LogP contribution is -2.54. The fraction of sp³-hybridized carbons (Fsp3) is 0.286. The van der Waals surface area contributed by atoms with Gasteiger partial charge in [-0.1, -0.05) is 60.7 Å². The van der Waals surface area contributed by atoms with Crippen LogP contribution in [0.1, 0.15) is 18.1 Å². The van der Waals surface area contributed by atoms with Gasteiger partial charge in [0.25, 0.3) is 0 Å². The van der Waals surface area contributed by atoms with Crippen LogP contribution in [0.3, 0.4) is 0 Å². The fourth-order valence-corrected chi connectivity index (χ4v) is 5.01. The highest BCUT2D eigenvalue weighted by molar-refractivity contribution is 7.90. The highest BCUT2D eigenvalue weighted by Crippen LogP contribution is 2.22. The summed E-state index contributed by atoms with van der Waals surface area (Å²) in [5.41, 5.74) is 1.77. The molecule has 1 N–H and O–H groups in total. The average Bonchev–Trinajstić information content (AvgIpc) is 2.91. The van der Waals surface area contributed by atoms with Crippen molar-refractivity contribution < 1.29 is 22.4 Å². The van der Waals surface area contributed by atoms with Gasteiger partial charge in [-0.05, 0) is 42.3 Å². The molecule has 202 valence electrons. The Bertz CT molecular complexity index is 1300. The topological polar surface area (TPSA) is 90.0 Å². The second-order valence-electron chi connectivity index (χ2n) is 8.88. The lowest BCUT2D eigenvalue weighted by molar-refractivity contribution is -0.140. The number of rotatable bonds is 12. The minimum atomic E-state index is -4.13. The molecule has 0 aliphatic rings. The van der Waals surface area contributed by atoms with Gasteiger partial charge >= 0.3 is 10.2 Å². The van der Waals surface area contributed by atoms with E-state index < -0.39 is 34.5 Å². The number of anilines is 1. The van der Waals surface area contributed by atoms with Crippen LogP contribution in [-0.2, 0) is 32.8 Å². The zero-order valence-corrected chi connectivity index (χ0v) is 22.6. The van der Waals surface area contributed by atoms with Crippen molar-refractivity contribution in [1.29, 1.82) is 0 Å². The maximum Gasteiger partial charge on any atom is 0.304 e. The maximum absolute atomic E-state index is 14.0. The molecule has 1 unspecified atom stereocenters. The number of hydrogen-bond acceptors (Lipinski definition) is 4. The molecular weight excluding hydrogens is 507 g/mol. The minimum absolute atomic E-state index is 0.0909. The van der Waals surface area contributed by atoms with Gasteiger partial charge < -0.3 is 10.2 Å². The van der Waals surface area contributed by atoms with Crippen LogP contribution < -0.4 is 9.62 Å². The lowest BCUT2D eigenvalue weighted by Gasteiger charge is -2.34. The van der Waals surface area contributed by atoms with E-state index in [1.165, 1.54) is 31.1 Å². The average molecular weight is 541 g/mol. The molecule has 0 fully saturated rings. The first-order valence-electron chi connectivity index (χ1n) is 12.2. The zero-order chi connectivity index (χ0) is 27.7. The number of benzene rings is 3. The third-order valence-corrected chi connectivity index (χ3v) is 7.77. The summed E-state index contributed by atoms with van der Waals surface area (Å²) in [7, 11) is -1.42. The first-order valence-corrected chi connectivity index (χ1v) is 13.6. The van der Waals surface area contributed by atoms with E-state index in [9.17, 15) is 22.4 Å². The molecule has 3 aromatic carbocycles. The summed E-state index contributed by atoms with van der Waals surface area (Å²) in [6, 6.07) is 22.5. The number of amides is 2. The smallest absolute Gasteiger partial charge is 0.304 e. The predicted octanol–water partition coefficient (Wildman–Crippen LogP) is 3.21. The summed E-state index contributed by atoms with van der Waals surface area (Å²) in [6.07, 6.45) is 0.238. The number of carbonyl (C=O) groups excluding carboxylic acids is 2. The van der Waals surface area contributed by atoms with Crippen molar-refractivity contribution in [2.24, 2.45) is 0 Å². The SMILES string of the molecule is CCNC(=O)C(Cc1ccccc1)N(Cc1ccccc1)C(=O)CN(c1ccc(F)cc1)S(=O)(=O)N(C)C. The zero-order valence-electron chi connectivity index (χ0n) is 21.7. The molecule has 0 radical (unpaired) electrons. The molecular formula is C28H33FN4O4S. The second-order valence-corrected chi connectivity index (χ2v) is 10.9. The van der Waals surface area contributed by atoms with Crippen LogP contribution in [0.25, 0.3) is 0 Å². The molecule has 3 aromatic rings. The number of nitrogens with one attached hydrogen (secondary N) is 1. The number of hydrogen-bond donors (Lipinski definition) is 1. The molecule has 0 saturated carbocycles. The Morgan fingerprint density at radius 1 is 0.868 bits per heavy atom. The molecule has 1 atom stereocenters. The van der Waals surface area contributed by atoms with Crippen LogP contribution in [0, 0.1) is 5.82 Å². The Morgan fingerprint density at radius 2 is 1.42 bits per heavy atom. The normalized spacial score (nSPS) is 12.1. The van der Waals surface area contributed by atoms with E-state index in [0.29, 0.717) is 6.54 Å². The van der Waals surface area contributed by atoms with E-state index in [0.717, 1.165) is 31.9 Å². The van der Waals surface area contributed by atoms with Gasteiger partial charge in [0.15, 0.2) is 0 Å². The van der Waals surface area contributed by atoms with Gasteiger partial charge in [0, 0.05) is 33.6 Å². The standard InChI is InChI=1S/C28H33FN4O4S/c1-4-30-28(35)26(19-22-11-7-5-8-12-22)32(20-23-13-9-6-10-14-23)27(34)21-33(38(36,37)31(2)3)25-17-15-24(29)16-18-25/h5-18,26H,4,19-21H2,1-3H3,(H,30,35). The predicted molar refractivity (Wildman–Crippen MR) is 146 cm³/mol. The second kappa shape index (κ2) is 13.2. The van der Waals surface area contributed by atoms with E-state index in [1.54, 1.807) is 6.92 Å². The van der Waals surface area contributed by atoms with Gasteiger partial charge in [0.1, 0.15) is 18.4 Å². The molecule has 0 aliphatic carbocycles. The molecule has 0 saturated heterocycles. The van der Waals surface area contributed by atoms with Gasteiger partial charge in [-0.25, -0.2) is 8.70 Å². The van der Waals surface area contributed by atoms with Crippen LogP contribution in [0.4, 0.5) is 10.1 Å². The molecule has 0 bridgehead atoms. The van der Waals surface area contributed by atoms with E-state index in [2.05, 4.69) is 5.32 Å². The number of nitrogens with zero attached hydrogens (tertiary/aromatic N) is 3. The van der Waals surface area contributed by atoms with E-state index >= 15 is 0 Å². The minimum Gasteiger partial charge on any atom is -0.355 e. The number of likely N-dealkylation sites (N-methyl/N-ethyl adjacent to an activating group) is 1. The lowest BCUT2D eigenvalue weighted by atomic mass is 10.0. The number of carbonyl (C=O) groups is 2. The Kier molecular flexibility index (Phi) is 9.98. The molecule has 0 heterocycles. The van der Waals surface area contributed by atoms with Crippen molar-refractivity contribution >= 4 is 27.7 Å². The van der Waals surface area contributed by atoms with Gasteiger partial charge in [0.05, 0.1) is 5.69 Å². The summed E-state index contributed by atoms with van der Waals surface area (Å²) in [5.74, 6) is -1.45. The summed E-state index contributed by atoms with van der Waals surface area (Å²) in [5, 5.41) is 2.81. The first-order chi connectivity index (χ1) is 18.1. The first kappa shape index (κ1) is 28.8. The quantitative estimate of drug-likeness (QED) is 0.382. The maximum atomic E-state index is 14.0. The molecule has 2 amide bonds. The monoisotopic (exact) mass is 540 g/mol. The number of halogens is 1. The molecule has 3 rings (SSSR count). The molecule has 10 heteroatoms. The van der Waals surface area contributed by atoms with Gasteiger partial charge in [-0.15, -0.1) is 0 Å². The summed E-state index contributed by atoms with van der Waals surface area (Å²) in [6.45, 7) is 1.67. The van der Waals surface area contributed by atoms with E-state index in [1.807, 2.05) is 60.7 Å². The Morgan fingerprint density at radius 3 is 1.95 bits per heavy atom. The Labute approximate surface area is 223 Å². The molecule has 0 spiro atoms. The van der Waals surface area contributed by atoms with Crippen LogP contribution in [0.15, 0.2) is 84.9 Å². The van der Waals surface area contributed by atoms with Gasteiger partial charge in [-0.3, -0.25) is 9.59 Å². The summed E-state index contributed by atoms with van der Waals surface area (Å²) in [4.78, 5) is 28.7. The van der Waals surface area contributed by atoms with E-state index in [4.69, 9.17) is 0 Å². The highest BCUT2D eigenvalue weighted by Gasteiger charge is 2.34. The van der Waals surface area contributed by atoms with Crippen LogP contribution in [0.5, 0.6) is 0 Å². The fourth-order valence-electron chi connectivity index (χ4n) is 3.95. The van der Waals surface area contributed by atoms with Crippen molar-refractivity contribution in [1.82, 2.24) is 14.5 Å². The van der Waals surface area contributed by atoms with Crippen molar-refractivity contribution in [3.05, 3.63) is 102 Å². The van der Waals surface area contributed by atoms with Gasteiger partial charge in [0.2, 0.25) is 11.8 Å². The summed E-state index contributed by atoms with van der Waals surface area (Å²) >= 11 is 0. The van der Waals surface area contributed by atoms with E-state index in [-0.39, 0.29) is 24.6 Å². The van der Waals surface area contributed by atoms with Crippen LogP contribution in [-0.4, -0.2) is 62.7 Å². The molecule has 38 heavy (non-hydrogen) atoms. The third-order valence-electron chi connectivity index (χ3n) is 5.95. The Hall–Kier alpha value is -3.76. The van der Waals surface area contributed by atoms with Crippen molar-refractivity contribution in [2.75, 3.05) is 31.5 Å². The van der Waals surface area contributed by atoms with Gasteiger partial charge in [-0.2, -0.15) is 12.7 Å². The highest BCUT2D eigenvalue weighted by atomic mass is 32.2.